The van der Waals surface area contributed by atoms with E-state index in [0.29, 0.717) is 13.1 Å². The van der Waals surface area contributed by atoms with E-state index in [1.54, 1.807) is 0 Å². The first-order valence-corrected chi connectivity index (χ1v) is 6.09. The first-order valence-electron chi connectivity index (χ1n) is 6.09. The van der Waals surface area contributed by atoms with E-state index < -0.39 is 27.9 Å². The second-order valence-electron chi connectivity index (χ2n) is 3.97. The van der Waals surface area contributed by atoms with E-state index in [1.807, 2.05) is 13.8 Å². The topological polar surface area (TPSA) is 58.4 Å². The predicted octanol–water partition coefficient (Wildman–Crippen LogP) is 2.63. The molecular weight excluding hydrogens is 256 g/mol. The lowest BCUT2D eigenvalue weighted by molar-refractivity contribution is -0.384. The average Bonchev–Trinajstić information content (AvgIpc) is 2.39. The SMILES string of the molecule is CCN(CC)CCNc1c([N+](=O)[O-])ccc(F)c1F. The van der Waals surface area contributed by atoms with Crippen LogP contribution in [0.3, 0.4) is 0 Å². The van der Waals surface area contributed by atoms with Crippen LogP contribution in [0.4, 0.5) is 20.2 Å². The van der Waals surface area contributed by atoms with E-state index in [-0.39, 0.29) is 0 Å². The van der Waals surface area contributed by atoms with Crippen LogP contribution in [-0.2, 0) is 0 Å². The highest BCUT2D eigenvalue weighted by Gasteiger charge is 2.21. The van der Waals surface area contributed by atoms with E-state index in [2.05, 4.69) is 10.2 Å². The van der Waals surface area contributed by atoms with Gasteiger partial charge in [0.05, 0.1) is 4.92 Å². The van der Waals surface area contributed by atoms with Crippen LogP contribution in [0.1, 0.15) is 13.8 Å². The zero-order valence-electron chi connectivity index (χ0n) is 10.9. The molecule has 0 saturated heterocycles. The molecular formula is C12H17F2N3O2. The molecule has 0 spiro atoms. The van der Waals surface area contributed by atoms with Gasteiger partial charge in [0, 0.05) is 19.2 Å². The molecule has 0 aliphatic heterocycles. The van der Waals surface area contributed by atoms with Gasteiger partial charge in [-0.25, -0.2) is 8.78 Å². The number of hydrogen-bond acceptors (Lipinski definition) is 4. The second-order valence-corrected chi connectivity index (χ2v) is 3.97. The zero-order valence-corrected chi connectivity index (χ0v) is 10.9. The molecule has 19 heavy (non-hydrogen) atoms. The highest BCUT2D eigenvalue weighted by molar-refractivity contribution is 5.62. The molecule has 0 unspecified atom stereocenters. The summed E-state index contributed by atoms with van der Waals surface area (Å²) in [6, 6.07) is 1.71. The summed E-state index contributed by atoms with van der Waals surface area (Å²) in [6.07, 6.45) is 0. The third-order valence-corrected chi connectivity index (χ3v) is 2.89. The van der Waals surface area contributed by atoms with Gasteiger partial charge in [-0.1, -0.05) is 13.8 Å². The monoisotopic (exact) mass is 273 g/mol. The molecule has 1 N–H and O–H groups in total. The highest BCUT2D eigenvalue weighted by atomic mass is 19.2. The van der Waals surface area contributed by atoms with Crippen molar-refractivity contribution in [3.8, 4) is 0 Å². The summed E-state index contributed by atoms with van der Waals surface area (Å²) in [4.78, 5) is 12.1. The molecule has 0 bridgehead atoms. The largest absolute Gasteiger partial charge is 0.376 e. The van der Waals surface area contributed by atoms with E-state index in [9.17, 15) is 18.9 Å². The minimum atomic E-state index is -1.21. The van der Waals surface area contributed by atoms with Crippen molar-refractivity contribution in [2.45, 2.75) is 13.8 Å². The van der Waals surface area contributed by atoms with Gasteiger partial charge in [-0.2, -0.15) is 0 Å². The number of nitrogens with one attached hydrogen (secondary N) is 1. The van der Waals surface area contributed by atoms with Crippen LogP contribution >= 0.6 is 0 Å². The Morgan fingerprint density at radius 3 is 2.47 bits per heavy atom. The van der Waals surface area contributed by atoms with Crippen molar-refractivity contribution < 1.29 is 13.7 Å². The number of nitro groups is 1. The number of nitro benzene ring substituents is 1. The molecule has 5 nitrogen and oxygen atoms in total. The molecule has 1 aromatic carbocycles. The number of nitrogens with zero attached hydrogens (tertiary/aromatic N) is 2. The third-order valence-electron chi connectivity index (χ3n) is 2.89. The predicted molar refractivity (Wildman–Crippen MR) is 69.3 cm³/mol. The van der Waals surface area contributed by atoms with Crippen molar-refractivity contribution in [3.63, 3.8) is 0 Å². The standard InChI is InChI=1S/C12H17F2N3O2/c1-3-16(4-2)8-7-15-12-10(17(18)19)6-5-9(13)11(12)14/h5-6,15H,3-4,7-8H2,1-2H3. The zero-order chi connectivity index (χ0) is 14.4. The summed E-state index contributed by atoms with van der Waals surface area (Å²) in [5, 5.41) is 13.4. The van der Waals surface area contributed by atoms with Gasteiger partial charge in [-0.05, 0) is 19.2 Å². The molecule has 7 heteroatoms. The molecule has 0 amide bonds. The van der Waals surface area contributed by atoms with Crippen LogP contribution in [0.25, 0.3) is 0 Å². The maximum atomic E-state index is 13.6. The minimum absolute atomic E-state index is 0.308. The molecule has 0 radical (unpaired) electrons. The fourth-order valence-electron chi connectivity index (χ4n) is 1.74. The molecule has 0 aliphatic rings. The van der Waals surface area contributed by atoms with Gasteiger partial charge in [0.2, 0.25) is 0 Å². The summed E-state index contributed by atoms with van der Waals surface area (Å²) in [5.41, 5.74) is -0.851. The Kier molecular flexibility index (Phi) is 5.62. The Morgan fingerprint density at radius 2 is 1.95 bits per heavy atom. The minimum Gasteiger partial charge on any atom is -0.376 e. The van der Waals surface area contributed by atoms with Crippen LogP contribution in [0, 0.1) is 21.7 Å². The molecule has 1 rings (SSSR count). The summed E-state index contributed by atoms with van der Waals surface area (Å²) in [6.45, 7) is 6.52. The maximum absolute atomic E-state index is 13.6. The Balaban J connectivity index is 2.81. The summed E-state index contributed by atoms with van der Waals surface area (Å²) in [7, 11) is 0. The number of hydrogen-bond donors (Lipinski definition) is 1. The Hall–Kier alpha value is -1.76. The summed E-state index contributed by atoms with van der Waals surface area (Å²) < 4.78 is 26.6. The smallest absolute Gasteiger partial charge is 0.295 e. The summed E-state index contributed by atoms with van der Waals surface area (Å²) in [5.74, 6) is -2.32. The van der Waals surface area contributed by atoms with Crippen LogP contribution in [0.5, 0.6) is 0 Å². The Morgan fingerprint density at radius 1 is 1.32 bits per heavy atom. The maximum Gasteiger partial charge on any atom is 0.295 e. The highest BCUT2D eigenvalue weighted by Crippen LogP contribution is 2.28. The first kappa shape index (κ1) is 15.3. The number of anilines is 1. The molecule has 0 atom stereocenters. The van der Waals surface area contributed by atoms with Crippen molar-refractivity contribution in [2.75, 3.05) is 31.5 Å². The van der Waals surface area contributed by atoms with E-state index >= 15 is 0 Å². The lowest BCUT2D eigenvalue weighted by Crippen LogP contribution is -2.29. The van der Waals surface area contributed by atoms with Gasteiger partial charge < -0.3 is 10.2 Å². The van der Waals surface area contributed by atoms with Gasteiger partial charge in [0.1, 0.15) is 0 Å². The van der Waals surface area contributed by atoms with Crippen molar-refractivity contribution in [2.24, 2.45) is 0 Å². The summed E-state index contributed by atoms with van der Waals surface area (Å²) >= 11 is 0. The van der Waals surface area contributed by atoms with Gasteiger partial charge in [0.15, 0.2) is 17.3 Å². The number of likely N-dealkylation sites (N-methyl/N-ethyl adjacent to an activating group) is 1. The van der Waals surface area contributed by atoms with Crippen LogP contribution in [-0.4, -0.2) is 36.0 Å². The van der Waals surface area contributed by atoms with Gasteiger partial charge in [-0.15, -0.1) is 0 Å². The van der Waals surface area contributed by atoms with E-state index in [0.717, 1.165) is 25.2 Å². The molecule has 1 aromatic rings. The lowest BCUT2D eigenvalue weighted by Gasteiger charge is -2.18. The van der Waals surface area contributed by atoms with Crippen LogP contribution in [0.2, 0.25) is 0 Å². The molecule has 106 valence electrons. The van der Waals surface area contributed by atoms with E-state index in [1.165, 1.54) is 0 Å². The van der Waals surface area contributed by atoms with Crippen LogP contribution in [0.15, 0.2) is 12.1 Å². The van der Waals surface area contributed by atoms with Crippen molar-refractivity contribution in [3.05, 3.63) is 33.9 Å². The van der Waals surface area contributed by atoms with Crippen LogP contribution < -0.4 is 5.32 Å². The van der Waals surface area contributed by atoms with E-state index in [4.69, 9.17) is 0 Å². The fourth-order valence-corrected chi connectivity index (χ4v) is 1.74. The van der Waals surface area contributed by atoms with Gasteiger partial charge in [-0.3, -0.25) is 10.1 Å². The van der Waals surface area contributed by atoms with Gasteiger partial charge in [0.25, 0.3) is 5.69 Å². The first-order chi connectivity index (χ1) is 9.01. The molecule has 0 fully saturated rings. The quantitative estimate of drug-likeness (QED) is 0.613. The average molecular weight is 273 g/mol. The van der Waals surface area contributed by atoms with Gasteiger partial charge >= 0.3 is 0 Å². The van der Waals surface area contributed by atoms with Crippen molar-refractivity contribution >= 4 is 11.4 Å². The second kappa shape index (κ2) is 6.98. The third kappa shape index (κ3) is 3.85. The normalized spacial score (nSPS) is 10.8. The Labute approximate surface area is 110 Å². The number of rotatable bonds is 7. The molecule has 0 aliphatic carbocycles. The molecule has 0 aromatic heterocycles. The Bertz CT molecular complexity index is 451. The molecule has 0 saturated carbocycles. The van der Waals surface area contributed by atoms with Crippen molar-refractivity contribution in [1.82, 2.24) is 4.90 Å². The fraction of sp³-hybridized carbons (Fsp3) is 0.500. The lowest BCUT2D eigenvalue weighted by atomic mass is 10.2. The number of halogens is 2. The molecule has 0 heterocycles. The van der Waals surface area contributed by atoms with Crippen molar-refractivity contribution in [1.29, 1.82) is 0 Å². The number of benzene rings is 1.